The summed E-state index contributed by atoms with van der Waals surface area (Å²) >= 11 is 0. The Morgan fingerprint density at radius 3 is 2.89 bits per heavy atom. The Bertz CT molecular complexity index is 568. The van der Waals surface area contributed by atoms with Crippen LogP contribution in [0.4, 0.5) is 0 Å². The van der Waals surface area contributed by atoms with Crippen LogP contribution in [-0.4, -0.2) is 4.98 Å². The molecule has 2 N–H and O–H groups in total. The van der Waals surface area contributed by atoms with Crippen LogP contribution in [0.15, 0.2) is 42.7 Å². The van der Waals surface area contributed by atoms with Crippen LogP contribution >= 0.6 is 0 Å². The number of pyridine rings is 1. The van der Waals surface area contributed by atoms with E-state index in [1.807, 2.05) is 36.5 Å². The third-order valence-electron chi connectivity index (χ3n) is 3.48. The summed E-state index contributed by atoms with van der Waals surface area (Å²) in [6, 6.07) is 10.0. The van der Waals surface area contributed by atoms with E-state index in [1.165, 1.54) is 5.56 Å². The summed E-state index contributed by atoms with van der Waals surface area (Å²) < 4.78 is 6.05. The van der Waals surface area contributed by atoms with E-state index in [4.69, 9.17) is 10.5 Å². The zero-order chi connectivity index (χ0) is 12.5. The molecule has 1 unspecified atom stereocenters. The molecule has 3 rings (SSSR count). The summed E-state index contributed by atoms with van der Waals surface area (Å²) in [5, 5.41) is 0. The van der Waals surface area contributed by atoms with Crippen molar-refractivity contribution in [2.75, 3.05) is 0 Å². The second-order valence-electron chi connectivity index (χ2n) is 4.72. The molecule has 3 nitrogen and oxygen atoms in total. The van der Waals surface area contributed by atoms with Gasteiger partial charge in [-0.25, -0.2) is 0 Å². The summed E-state index contributed by atoms with van der Waals surface area (Å²) in [6.45, 7) is 2.08. The minimum Gasteiger partial charge on any atom is -0.485 e. The average molecular weight is 240 g/mol. The lowest BCUT2D eigenvalue weighted by atomic mass is 9.93. The minimum absolute atomic E-state index is 0.00333. The molecule has 92 valence electrons. The minimum atomic E-state index is 0.00333. The van der Waals surface area contributed by atoms with Crippen LogP contribution < -0.4 is 10.5 Å². The molecule has 0 bridgehead atoms. The van der Waals surface area contributed by atoms with Crippen molar-refractivity contribution in [3.8, 4) is 5.75 Å². The maximum Gasteiger partial charge on any atom is 0.127 e. The molecular formula is C15H16N2O. The van der Waals surface area contributed by atoms with Crippen molar-refractivity contribution in [1.82, 2.24) is 4.98 Å². The summed E-state index contributed by atoms with van der Waals surface area (Å²) in [6.07, 6.45) is 4.48. The van der Waals surface area contributed by atoms with Crippen LogP contribution in [0.2, 0.25) is 0 Å². The van der Waals surface area contributed by atoms with Gasteiger partial charge in [0.05, 0.1) is 0 Å². The van der Waals surface area contributed by atoms with Gasteiger partial charge in [0.25, 0.3) is 0 Å². The van der Waals surface area contributed by atoms with Gasteiger partial charge in [-0.2, -0.15) is 0 Å². The normalized spacial score (nSPS) is 22.1. The van der Waals surface area contributed by atoms with Crippen molar-refractivity contribution < 1.29 is 4.74 Å². The first kappa shape index (κ1) is 11.2. The Labute approximate surface area is 107 Å². The molecular weight excluding hydrogens is 224 g/mol. The molecule has 0 radical (unpaired) electrons. The number of aromatic nitrogens is 1. The molecule has 0 amide bonds. The van der Waals surface area contributed by atoms with Gasteiger partial charge in [0.1, 0.15) is 11.9 Å². The molecule has 1 aromatic heterocycles. The zero-order valence-corrected chi connectivity index (χ0v) is 10.3. The van der Waals surface area contributed by atoms with E-state index in [1.54, 1.807) is 6.20 Å². The van der Waals surface area contributed by atoms with Gasteiger partial charge in [0.2, 0.25) is 0 Å². The zero-order valence-electron chi connectivity index (χ0n) is 10.3. The first-order valence-corrected chi connectivity index (χ1v) is 6.17. The predicted molar refractivity (Wildman–Crippen MR) is 70.3 cm³/mol. The summed E-state index contributed by atoms with van der Waals surface area (Å²) in [7, 11) is 0. The van der Waals surface area contributed by atoms with Gasteiger partial charge < -0.3 is 10.5 Å². The maximum atomic E-state index is 6.22. The standard InChI is InChI=1S/C15H16N2O/c1-10-6-7-17-9-12(10)15-8-13(16)11-4-2-3-5-14(11)18-15/h2-7,9,13,15H,8,16H2,1H3/t13-,15?/m1/s1. The second kappa shape index (κ2) is 4.42. The first-order chi connectivity index (χ1) is 8.75. The van der Waals surface area contributed by atoms with Crippen LogP contribution in [0.1, 0.15) is 35.3 Å². The molecule has 0 fully saturated rings. The van der Waals surface area contributed by atoms with Gasteiger partial charge in [-0.3, -0.25) is 4.98 Å². The van der Waals surface area contributed by atoms with Gasteiger partial charge in [-0.15, -0.1) is 0 Å². The van der Waals surface area contributed by atoms with Crippen molar-refractivity contribution in [2.45, 2.75) is 25.5 Å². The Morgan fingerprint density at radius 2 is 2.06 bits per heavy atom. The topological polar surface area (TPSA) is 48.1 Å². The van der Waals surface area contributed by atoms with E-state index in [9.17, 15) is 0 Å². The van der Waals surface area contributed by atoms with Crippen molar-refractivity contribution in [2.24, 2.45) is 5.73 Å². The molecule has 2 heterocycles. The molecule has 1 aliphatic rings. The molecule has 1 aromatic carbocycles. The van der Waals surface area contributed by atoms with E-state index in [0.717, 1.165) is 23.3 Å². The lowest BCUT2D eigenvalue weighted by Crippen LogP contribution is -2.24. The highest BCUT2D eigenvalue weighted by Crippen LogP contribution is 2.39. The van der Waals surface area contributed by atoms with Crippen molar-refractivity contribution in [3.63, 3.8) is 0 Å². The van der Waals surface area contributed by atoms with Crippen LogP contribution in [-0.2, 0) is 0 Å². The maximum absolute atomic E-state index is 6.22. The van der Waals surface area contributed by atoms with Crippen molar-refractivity contribution in [1.29, 1.82) is 0 Å². The Kier molecular flexibility index (Phi) is 2.76. The number of fused-ring (bicyclic) bond motifs is 1. The van der Waals surface area contributed by atoms with Crippen molar-refractivity contribution in [3.05, 3.63) is 59.4 Å². The first-order valence-electron chi connectivity index (χ1n) is 6.17. The monoisotopic (exact) mass is 240 g/mol. The second-order valence-corrected chi connectivity index (χ2v) is 4.72. The van der Waals surface area contributed by atoms with E-state index in [-0.39, 0.29) is 12.1 Å². The largest absolute Gasteiger partial charge is 0.485 e. The lowest BCUT2D eigenvalue weighted by molar-refractivity contribution is 0.160. The number of ether oxygens (including phenoxy) is 1. The van der Waals surface area contributed by atoms with Crippen LogP contribution in [0.3, 0.4) is 0 Å². The summed E-state index contributed by atoms with van der Waals surface area (Å²) in [4.78, 5) is 4.18. The summed E-state index contributed by atoms with van der Waals surface area (Å²) in [5.41, 5.74) is 9.64. The highest BCUT2D eigenvalue weighted by Gasteiger charge is 2.27. The molecule has 2 aromatic rings. The quantitative estimate of drug-likeness (QED) is 0.833. The van der Waals surface area contributed by atoms with E-state index in [0.29, 0.717) is 0 Å². The number of aryl methyl sites for hydroxylation is 1. The van der Waals surface area contributed by atoms with Crippen LogP contribution in [0.5, 0.6) is 5.75 Å². The number of para-hydroxylation sites is 1. The Morgan fingerprint density at radius 1 is 1.22 bits per heavy atom. The van der Waals surface area contributed by atoms with Gasteiger partial charge in [-0.1, -0.05) is 18.2 Å². The fourth-order valence-corrected chi connectivity index (χ4v) is 2.46. The molecule has 0 saturated heterocycles. The highest BCUT2D eigenvalue weighted by atomic mass is 16.5. The average Bonchev–Trinajstić information content (AvgIpc) is 2.39. The lowest BCUT2D eigenvalue weighted by Gasteiger charge is -2.31. The molecule has 18 heavy (non-hydrogen) atoms. The third kappa shape index (κ3) is 1.87. The third-order valence-corrected chi connectivity index (χ3v) is 3.48. The number of nitrogens with zero attached hydrogens (tertiary/aromatic N) is 1. The smallest absolute Gasteiger partial charge is 0.127 e. The number of hydrogen-bond donors (Lipinski definition) is 1. The molecule has 2 atom stereocenters. The SMILES string of the molecule is Cc1ccncc1C1C[C@@H](N)c2ccccc2O1. The van der Waals surface area contributed by atoms with E-state index in [2.05, 4.69) is 11.9 Å². The molecule has 3 heteroatoms. The number of hydrogen-bond acceptors (Lipinski definition) is 3. The van der Waals surface area contributed by atoms with Gasteiger partial charge in [0, 0.05) is 36.0 Å². The van der Waals surface area contributed by atoms with E-state index >= 15 is 0 Å². The molecule has 1 aliphatic heterocycles. The fraction of sp³-hybridized carbons (Fsp3) is 0.267. The number of nitrogens with two attached hydrogens (primary N) is 1. The van der Waals surface area contributed by atoms with Crippen molar-refractivity contribution >= 4 is 0 Å². The molecule has 0 saturated carbocycles. The molecule has 0 spiro atoms. The van der Waals surface area contributed by atoms with Gasteiger partial charge in [0.15, 0.2) is 0 Å². The van der Waals surface area contributed by atoms with Gasteiger partial charge >= 0.3 is 0 Å². The Balaban J connectivity index is 1.97. The summed E-state index contributed by atoms with van der Waals surface area (Å²) in [5.74, 6) is 0.893. The molecule has 0 aliphatic carbocycles. The Hall–Kier alpha value is -1.87. The highest BCUT2D eigenvalue weighted by molar-refractivity contribution is 5.39. The fourth-order valence-electron chi connectivity index (χ4n) is 2.46. The predicted octanol–water partition coefficient (Wildman–Crippen LogP) is 2.91. The van der Waals surface area contributed by atoms with Crippen LogP contribution in [0.25, 0.3) is 0 Å². The number of rotatable bonds is 1. The van der Waals surface area contributed by atoms with E-state index < -0.39 is 0 Å². The number of benzene rings is 1. The van der Waals surface area contributed by atoms with Gasteiger partial charge in [-0.05, 0) is 24.6 Å². The van der Waals surface area contributed by atoms with Crippen LogP contribution in [0, 0.1) is 6.92 Å².